The summed E-state index contributed by atoms with van der Waals surface area (Å²) in [6.45, 7) is 6.06. The first kappa shape index (κ1) is 22.7. The first-order valence-corrected chi connectivity index (χ1v) is 13.6. The highest BCUT2D eigenvalue weighted by molar-refractivity contribution is 7.92. The van der Waals surface area contributed by atoms with Crippen molar-refractivity contribution in [2.75, 3.05) is 13.1 Å². The summed E-state index contributed by atoms with van der Waals surface area (Å²) in [6, 6.07) is 0. The lowest BCUT2D eigenvalue weighted by Crippen LogP contribution is -2.55. The number of aromatic nitrogens is 2. The van der Waals surface area contributed by atoms with Gasteiger partial charge in [-0.2, -0.15) is 0 Å². The van der Waals surface area contributed by atoms with E-state index < -0.39 is 20.2 Å². The average molecular weight is 476 g/mol. The summed E-state index contributed by atoms with van der Waals surface area (Å²) in [4.78, 5) is 35.2. The Morgan fingerprint density at radius 3 is 2.33 bits per heavy atom. The van der Waals surface area contributed by atoms with Crippen LogP contribution in [0.2, 0.25) is 0 Å². The van der Waals surface area contributed by atoms with Gasteiger partial charge in [-0.15, -0.1) is 0 Å². The number of hydrogen-bond acceptors (Lipinski definition) is 7. The molecule has 0 saturated heterocycles. The van der Waals surface area contributed by atoms with Crippen molar-refractivity contribution < 1.29 is 22.7 Å². The zero-order valence-corrected chi connectivity index (χ0v) is 20.5. The largest absolute Gasteiger partial charge is 0.460 e. The van der Waals surface area contributed by atoms with E-state index in [1.807, 2.05) is 0 Å². The molecule has 9 heteroatoms. The fraction of sp³-hybridized carbons (Fsp3) is 0.750. The van der Waals surface area contributed by atoms with Crippen LogP contribution in [0, 0.1) is 17.8 Å². The number of sulfone groups is 1. The molecule has 6 rings (SSSR count). The second-order valence-corrected chi connectivity index (χ2v) is 13.7. The normalized spacial score (nSPS) is 30.9. The van der Waals surface area contributed by atoms with Gasteiger partial charge >= 0.3 is 5.97 Å². The topological polar surface area (TPSA) is 107 Å². The van der Waals surface area contributed by atoms with Crippen LogP contribution in [-0.2, 0) is 25.8 Å². The number of nitrogens with zero attached hydrogens (tertiary/aromatic N) is 3. The lowest BCUT2D eigenvalue weighted by Gasteiger charge is -2.55. The second-order valence-electron chi connectivity index (χ2n) is 11.5. The van der Waals surface area contributed by atoms with E-state index >= 15 is 0 Å². The SMILES string of the molecule is CC(C)(C)OC(=O)CCN1CCc2nc(S(=O)(=O)C34CC5CC(CC(C5)C3)C4)ncc2C1=O. The van der Waals surface area contributed by atoms with Crippen LogP contribution in [-0.4, -0.2) is 58.6 Å². The highest BCUT2D eigenvalue weighted by Crippen LogP contribution is 2.59. The van der Waals surface area contributed by atoms with E-state index in [2.05, 4.69) is 9.97 Å². The van der Waals surface area contributed by atoms with Crippen LogP contribution in [0.3, 0.4) is 0 Å². The second kappa shape index (κ2) is 7.75. The third kappa shape index (κ3) is 4.06. The van der Waals surface area contributed by atoms with Crippen molar-refractivity contribution in [2.24, 2.45) is 17.8 Å². The molecule has 0 spiro atoms. The molecule has 33 heavy (non-hydrogen) atoms. The van der Waals surface area contributed by atoms with Crippen LogP contribution in [0.4, 0.5) is 0 Å². The van der Waals surface area contributed by atoms with E-state index in [1.54, 1.807) is 25.7 Å². The summed E-state index contributed by atoms with van der Waals surface area (Å²) < 4.78 is 32.1. The van der Waals surface area contributed by atoms with Crippen molar-refractivity contribution in [3.63, 3.8) is 0 Å². The Morgan fingerprint density at radius 1 is 1.15 bits per heavy atom. The Bertz CT molecular complexity index is 1060. The number of fused-ring (bicyclic) bond motifs is 1. The molecule has 1 aliphatic heterocycles. The molecular weight excluding hydrogens is 442 g/mol. The van der Waals surface area contributed by atoms with Crippen molar-refractivity contribution in [3.05, 3.63) is 17.5 Å². The van der Waals surface area contributed by atoms with Gasteiger partial charge in [-0.25, -0.2) is 18.4 Å². The third-order valence-electron chi connectivity index (χ3n) is 7.78. The van der Waals surface area contributed by atoms with Gasteiger partial charge in [0.1, 0.15) is 5.60 Å². The van der Waals surface area contributed by atoms with Gasteiger partial charge in [-0.1, -0.05) is 0 Å². The fourth-order valence-corrected chi connectivity index (χ4v) is 8.97. The predicted molar refractivity (Wildman–Crippen MR) is 120 cm³/mol. The van der Waals surface area contributed by atoms with Crippen LogP contribution < -0.4 is 0 Å². The van der Waals surface area contributed by atoms with Crippen LogP contribution >= 0.6 is 0 Å². The number of esters is 1. The number of hydrogen-bond donors (Lipinski definition) is 0. The van der Waals surface area contributed by atoms with Gasteiger partial charge in [0.05, 0.1) is 22.4 Å². The molecule has 1 aromatic heterocycles. The summed E-state index contributed by atoms with van der Waals surface area (Å²) in [7, 11) is -3.67. The molecule has 0 N–H and O–H groups in total. The Balaban J connectivity index is 1.32. The quantitative estimate of drug-likeness (QED) is 0.476. The standard InChI is InChI=1S/C24H33N3O5S/c1-23(2,3)32-20(28)5-7-27-6-4-19-18(21(27)29)14-25-22(26-19)33(30,31)24-11-15-8-16(12-24)10-17(9-15)13-24/h14-17H,4-13H2,1-3H3. The van der Waals surface area contributed by atoms with Crippen molar-refractivity contribution in [1.82, 2.24) is 14.9 Å². The van der Waals surface area contributed by atoms with Gasteiger partial charge in [-0.3, -0.25) is 9.59 Å². The summed E-state index contributed by atoms with van der Waals surface area (Å²) >= 11 is 0. The monoisotopic (exact) mass is 475 g/mol. The maximum Gasteiger partial charge on any atom is 0.308 e. The summed E-state index contributed by atoms with van der Waals surface area (Å²) in [5.41, 5.74) is 0.254. The van der Waals surface area contributed by atoms with Gasteiger partial charge in [0, 0.05) is 25.7 Å². The Kier molecular flexibility index (Phi) is 5.34. The van der Waals surface area contributed by atoms with Gasteiger partial charge < -0.3 is 9.64 Å². The number of carbonyl (C=O) groups excluding carboxylic acids is 2. The van der Waals surface area contributed by atoms with Crippen molar-refractivity contribution in [1.29, 1.82) is 0 Å². The van der Waals surface area contributed by atoms with E-state index in [1.165, 1.54) is 6.20 Å². The first-order valence-electron chi connectivity index (χ1n) is 12.1. The number of ether oxygens (including phenoxy) is 1. The molecular formula is C24H33N3O5S. The Labute approximate surface area is 195 Å². The minimum Gasteiger partial charge on any atom is -0.460 e. The molecule has 4 bridgehead atoms. The van der Waals surface area contributed by atoms with Gasteiger partial charge in [-0.05, 0) is 77.0 Å². The van der Waals surface area contributed by atoms with E-state index in [4.69, 9.17) is 4.74 Å². The molecule has 180 valence electrons. The molecule has 2 heterocycles. The zero-order chi connectivity index (χ0) is 23.6. The Hall–Kier alpha value is -2.03. The molecule has 1 amide bonds. The Morgan fingerprint density at radius 2 is 1.76 bits per heavy atom. The summed E-state index contributed by atoms with van der Waals surface area (Å²) in [5, 5.41) is -0.113. The van der Waals surface area contributed by atoms with Gasteiger partial charge in [0.2, 0.25) is 15.0 Å². The highest BCUT2D eigenvalue weighted by Gasteiger charge is 2.58. The molecule has 4 fully saturated rings. The molecule has 0 radical (unpaired) electrons. The maximum atomic E-state index is 13.7. The minimum atomic E-state index is -3.67. The van der Waals surface area contributed by atoms with E-state index in [9.17, 15) is 18.0 Å². The molecule has 0 atom stereocenters. The van der Waals surface area contributed by atoms with Crippen LogP contribution in [0.5, 0.6) is 0 Å². The molecule has 0 aromatic carbocycles. The van der Waals surface area contributed by atoms with Gasteiger partial charge in [0.15, 0.2) is 0 Å². The fourth-order valence-electron chi connectivity index (χ4n) is 6.80. The average Bonchev–Trinajstić information content (AvgIpc) is 2.70. The first-order chi connectivity index (χ1) is 15.5. The highest BCUT2D eigenvalue weighted by atomic mass is 32.2. The summed E-state index contributed by atoms with van der Waals surface area (Å²) in [6.07, 6.45) is 7.57. The van der Waals surface area contributed by atoms with E-state index in [0.29, 0.717) is 42.0 Å². The van der Waals surface area contributed by atoms with Crippen molar-refractivity contribution in [3.8, 4) is 0 Å². The summed E-state index contributed by atoms with van der Waals surface area (Å²) in [5.74, 6) is 0.893. The molecule has 8 nitrogen and oxygen atoms in total. The van der Waals surface area contributed by atoms with Gasteiger partial charge in [0.25, 0.3) is 5.91 Å². The number of amides is 1. The molecule has 1 aromatic rings. The van der Waals surface area contributed by atoms with Crippen molar-refractivity contribution >= 4 is 21.7 Å². The number of rotatable bonds is 5. The predicted octanol–water partition coefficient (Wildman–Crippen LogP) is 2.95. The van der Waals surface area contributed by atoms with E-state index in [0.717, 1.165) is 38.5 Å². The number of carbonyl (C=O) groups is 2. The van der Waals surface area contributed by atoms with Crippen molar-refractivity contribution in [2.45, 2.75) is 87.6 Å². The minimum absolute atomic E-state index is 0.109. The zero-order valence-electron chi connectivity index (χ0n) is 19.7. The lowest BCUT2D eigenvalue weighted by atomic mass is 9.56. The maximum absolute atomic E-state index is 13.7. The molecule has 4 saturated carbocycles. The van der Waals surface area contributed by atoms with Crippen LogP contribution in [0.25, 0.3) is 0 Å². The smallest absolute Gasteiger partial charge is 0.308 e. The van der Waals surface area contributed by atoms with Crippen LogP contribution in [0.15, 0.2) is 11.4 Å². The molecule has 4 aliphatic carbocycles. The molecule has 0 unspecified atom stereocenters. The van der Waals surface area contributed by atoms with Crippen LogP contribution in [0.1, 0.15) is 81.8 Å². The third-order valence-corrected chi connectivity index (χ3v) is 10.1. The van der Waals surface area contributed by atoms with E-state index in [-0.39, 0.29) is 30.0 Å². The molecule has 5 aliphatic rings. The lowest BCUT2D eigenvalue weighted by molar-refractivity contribution is -0.155.